The summed E-state index contributed by atoms with van der Waals surface area (Å²) in [4.78, 5) is 2.61. The van der Waals surface area contributed by atoms with Crippen molar-refractivity contribution in [2.75, 3.05) is 19.6 Å². The quantitative estimate of drug-likeness (QED) is 0.829. The topological polar surface area (TPSA) is 40.6 Å². The molecule has 2 aromatic rings. The molecule has 1 saturated heterocycles. The Balaban J connectivity index is 1.50. The predicted octanol–water partition coefficient (Wildman–Crippen LogP) is 2.96. The molecular weight excluding hydrogens is 351 g/mol. The molecule has 4 rings (SSSR count). The highest BCUT2D eigenvalue weighted by Crippen LogP contribution is 2.28. The van der Waals surface area contributed by atoms with Crippen molar-refractivity contribution in [3.8, 4) is 0 Å². The summed E-state index contributed by atoms with van der Waals surface area (Å²) in [5.41, 5.74) is 3.20. The molecule has 26 heavy (non-hydrogen) atoms. The summed E-state index contributed by atoms with van der Waals surface area (Å²) >= 11 is 0. The van der Waals surface area contributed by atoms with Gasteiger partial charge in [-0.2, -0.15) is 4.31 Å². The molecule has 2 aliphatic rings. The number of sulfonamides is 1. The lowest BCUT2D eigenvalue weighted by atomic mass is 9.98. The Morgan fingerprint density at radius 1 is 1.08 bits per heavy atom. The minimum absolute atomic E-state index is 0.212. The zero-order valence-corrected chi connectivity index (χ0v) is 15.7. The first kappa shape index (κ1) is 17.6. The number of halogens is 1. The van der Waals surface area contributed by atoms with E-state index in [9.17, 15) is 12.8 Å². The Bertz CT molecular complexity index is 929. The van der Waals surface area contributed by atoms with Gasteiger partial charge in [-0.25, -0.2) is 12.8 Å². The monoisotopic (exact) mass is 374 g/mol. The maximum Gasteiger partial charge on any atom is 0.243 e. The average molecular weight is 374 g/mol. The molecule has 6 heteroatoms. The fraction of sp³-hybridized carbons (Fsp3) is 0.400. The molecule has 1 atom stereocenters. The lowest BCUT2D eigenvalue weighted by molar-refractivity contribution is 0.185. The smallest absolute Gasteiger partial charge is 0.243 e. The first-order valence-corrected chi connectivity index (χ1v) is 10.5. The van der Waals surface area contributed by atoms with Gasteiger partial charge in [0.25, 0.3) is 0 Å². The zero-order valence-electron chi connectivity index (χ0n) is 14.9. The van der Waals surface area contributed by atoms with Crippen LogP contribution >= 0.6 is 0 Å². The number of benzene rings is 2. The number of hydrogen-bond acceptors (Lipinski definition) is 3. The highest BCUT2D eigenvalue weighted by atomic mass is 32.2. The van der Waals surface area contributed by atoms with Crippen LogP contribution in [0.4, 0.5) is 4.39 Å². The van der Waals surface area contributed by atoms with Gasteiger partial charge in [-0.05, 0) is 54.7 Å². The van der Waals surface area contributed by atoms with Crippen molar-refractivity contribution in [3.63, 3.8) is 0 Å². The minimum Gasteiger partial charge on any atom is -0.294 e. The second kappa shape index (κ2) is 6.76. The van der Waals surface area contributed by atoms with Gasteiger partial charge in [0.2, 0.25) is 10.0 Å². The summed E-state index contributed by atoms with van der Waals surface area (Å²) in [6, 6.07) is 12.6. The van der Waals surface area contributed by atoms with E-state index in [1.54, 1.807) is 11.2 Å². The van der Waals surface area contributed by atoms with Crippen LogP contribution in [0.5, 0.6) is 0 Å². The molecule has 0 amide bonds. The van der Waals surface area contributed by atoms with Crippen molar-refractivity contribution in [2.24, 2.45) is 0 Å². The fourth-order valence-electron chi connectivity index (χ4n) is 4.10. The van der Waals surface area contributed by atoms with Crippen LogP contribution in [0.1, 0.15) is 23.1 Å². The molecule has 2 heterocycles. The highest BCUT2D eigenvalue weighted by molar-refractivity contribution is 7.89. The molecular formula is C20H23FN2O2S. The zero-order chi connectivity index (χ0) is 18.3. The van der Waals surface area contributed by atoms with E-state index >= 15 is 0 Å². The summed E-state index contributed by atoms with van der Waals surface area (Å²) in [7, 11) is -3.58. The van der Waals surface area contributed by atoms with E-state index in [1.807, 2.05) is 0 Å². The standard InChI is InChI=1S/C20H23FN2O2S/c1-15-12-18(21)6-7-20(15)26(24,25)23-11-9-19(14-23)22-10-8-16-4-2-3-5-17(16)13-22/h2-7,12,19H,8-11,13-14H2,1H3. The van der Waals surface area contributed by atoms with Gasteiger partial charge in [0, 0.05) is 32.2 Å². The van der Waals surface area contributed by atoms with Crippen LogP contribution in [0.15, 0.2) is 47.4 Å². The van der Waals surface area contributed by atoms with E-state index in [0.29, 0.717) is 18.7 Å². The largest absolute Gasteiger partial charge is 0.294 e. The number of rotatable bonds is 3. The van der Waals surface area contributed by atoms with Crippen LogP contribution < -0.4 is 0 Å². The number of nitrogens with zero attached hydrogens (tertiary/aromatic N) is 2. The van der Waals surface area contributed by atoms with Crippen LogP contribution in [0.3, 0.4) is 0 Å². The molecule has 138 valence electrons. The van der Waals surface area contributed by atoms with Gasteiger partial charge in [0.15, 0.2) is 0 Å². The lowest BCUT2D eigenvalue weighted by Crippen LogP contribution is -2.41. The molecule has 0 saturated carbocycles. The Morgan fingerprint density at radius 2 is 1.85 bits per heavy atom. The molecule has 0 N–H and O–H groups in total. The molecule has 4 nitrogen and oxygen atoms in total. The van der Waals surface area contributed by atoms with E-state index in [-0.39, 0.29) is 10.9 Å². The second-order valence-electron chi connectivity index (χ2n) is 7.20. The Kier molecular flexibility index (Phi) is 4.59. The molecule has 1 unspecified atom stereocenters. The maximum atomic E-state index is 13.3. The van der Waals surface area contributed by atoms with Crippen molar-refractivity contribution in [3.05, 3.63) is 65.0 Å². The molecule has 0 spiro atoms. The van der Waals surface area contributed by atoms with E-state index in [0.717, 1.165) is 25.9 Å². The Labute approximate surface area is 154 Å². The third-order valence-electron chi connectivity index (χ3n) is 5.56. The first-order valence-electron chi connectivity index (χ1n) is 9.02. The van der Waals surface area contributed by atoms with Crippen LogP contribution in [0, 0.1) is 12.7 Å². The SMILES string of the molecule is Cc1cc(F)ccc1S(=O)(=O)N1CCC(N2CCc3ccccc3C2)C1. The molecule has 0 radical (unpaired) electrons. The van der Waals surface area contributed by atoms with Gasteiger partial charge >= 0.3 is 0 Å². The molecule has 1 fully saturated rings. The highest BCUT2D eigenvalue weighted by Gasteiger charge is 2.36. The van der Waals surface area contributed by atoms with Gasteiger partial charge in [-0.15, -0.1) is 0 Å². The molecule has 2 aromatic carbocycles. The predicted molar refractivity (Wildman–Crippen MR) is 98.9 cm³/mol. The first-order chi connectivity index (χ1) is 12.4. The van der Waals surface area contributed by atoms with Crippen LogP contribution in [-0.2, 0) is 23.0 Å². The van der Waals surface area contributed by atoms with Gasteiger partial charge in [0.05, 0.1) is 4.90 Å². The maximum absolute atomic E-state index is 13.3. The van der Waals surface area contributed by atoms with Crippen molar-refractivity contribution in [2.45, 2.75) is 37.2 Å². The average Bonchev–Trinajstić information content (AvgIpc) is 3.12. The van der Waals surface area contributed by atoms with Gasteiger partial charge < -0.3 is 0 Å². The van der Waals surface area contributed by atoms with Crippen LogP contribution in [-0.4, -0.2) is 43.3 Å². The number of aryl methyl sites for hydroxylation is 1. The van der Waals surface area contributed by atoms with Crippen LogP contribution in [0.25, 0.3) is 0 Å². The van der Waals surface area contributed by atoms with Gasteiger partial charge in [-0.1, -0.05) is 24.3 Å². The van der Waals surface area contributed by atoms with Gasteiger partial charge in [-0.3, -0.25) is 4.90 Å². The summed E-state index contributed by atoms with van der Waals surface area (Å²) in [5, 5.41) is 0. The number of hydrogen-bond donors (Lipinski definition) is 0. The fourth-order valence-corrected chi connectivity index (χ4v) is 5.80. The van der Waals surface area contributed by atoms with Crippen LogP contribution in [0.2, 0.25) is 0 Å². The van der Waals surface area contributed by atoms with Crippen molar-refractivity contribution in [1.29, 1.82) is 0 Å². The van der Waals surface area contributed by atoms with E-state index in [2.05, 4.69) is 29.2 Å². The van der Waals surface area contributed by atoms with Crippen molar-refractivity contribution < 1.29 is 12.8 Å². The summed E-state index contributed by atoms with van der Waals surface area (Å²) < 4.78 is 40.8. The normalized spacial score (nSPS) is 21.7. The third kappa shape index (κ3) is 3.17. The second-order valence-corrected chi connectivity index (χ2v) is 9.11. The van der Waals surface area contributed by atoms with Gasteiger partial charge in [0.1, 0.15) is 5.82 Å². The van der Waals surface area contributed by atoms with Crippen molar-refractivity contribution >= 4 is 10.0 Å². The van der Waals surface area contributed by atoms with E-state index in [4.69, 9.17) is 0 Å². The molecule has 0 aromatic heterocycles. The van der Waals surface area contributed by atoms with Crippen molar-refractivity contribution in [1.82, 2.24) is 9.21 Å². The summed E-state index contributed by atoms with van der Waals surface area (Å²) in [6.07, 6.45) is 1.85. The third-order valence-corrected chi connectivity index (χ3v) is 7.58. The Morgan fingerprint density at radius 3 is 2.62 bits per heavy atom. The lowest BCUT2D eigenvalue weighted by Gasteiger charge is -2.33. The Hall–Kier alpha value is -1.76. The van der Waals surface area contributed by atoms with E-state index in [1.165, 1.54) is 29.3 Å². The molecule has 2 aliphatic heterocycles. The number of fused-ring (bicyclic) bond motifs is 1. The summed E-state index contributed by atoms with van der Waals surface area (Å²) in [6.45, 7) is 4.50. The summed E-state index contributed by atoms with van der Waals surface area (Å²) in [5.74, 6) is -0.410. The molecule has 0 aliphatic carbocycles. The minimum atomic E-state index is -3.58. The van der Waals surface area contributed by atoms with E-state index < -0.39 is 15.8 Å². The molecule has 0 bridgehead atoms.